The number of aldehydes is 1. The second-order valence-corrected chi connectivity index (χ2v) is 12.9. The summed E-state index contributed by atoms with van der Waals surface area (Å²) in [7, 11) is 0. The number of aliphatic hydroxyl groups excluding tert-OH is 1. The number of rotatable bonds is 22. The maximum Gasteiger partial charge on any atom is 0.143 e. The molecule has 0 aromatic heterocycles. The Labute approximate surface area is 300 Å². The molecule has 0 radical (unpaired) electrons. The van der Waals surface area contributed by atoms with Crippen LogP contribution >= 0.6 is 0 Å². The van der Waals surface area contributed by atoms with Crippen molar-refractivity contribution in [3.8, 4) is 11.5 Å². The van der Waals surface area contributed by atoms with Gasteiger partial charge in [-0.2, -0.15) is 0 Å². The van der Waals surface area contributed by atoms with Crippen molar-refractivity contribution in [2.24, 2.45) is 0 Å². The van der Waals surface area contributed by atoms with Crippen LogP contribution in [0.2, 0.25) is 0 Å². The molecule has 1 fully saturated rings. The van der Waals surface area contributed by atoms with E-state index in [9.17, 15) is 4.79 Å². The molecule has 0 aliphatic carbocycles. The van der Waals surface area contributed by atoms with E-state index in [2.05, 4.69) is 41.0 Å². The van der Waals surface area contributed by atoms with Gasteiger partial charge in [0.25, 0.3) is 0 Å². The van der Waals surface area contributed by atoms with Gasteiger partial charge in [-0.05, 0) is 35.4 Å². The van der Waals surface area contributed by atoms with Crippen LogP contribution in [0.4, 0.5) is 5.69 Å². The highest BCUT2D eigenvalue weighted by Crippen LogP contribution is 2.57. The van der Waals surface area contributed by atoms with Crippen LogP contribution in [0.15, 0.2) is 54.6 Å². The van der Waals surface area contributed by atoms with E-state index in [4.69, 9.17) is 43.0 Å². The molecule has 3 aromatic carbocycles. The minimum atomic E-state index is -0.990. The molecule has 0 bridgehead atoms. The Morgan fingerprint density at radius 2 is 1.45 bits per heavy atom. The van der Waals surface area contributed by atoms with Gasteiger partial charge in [-0.1, -0.05) is 42.5 Å². The third-order valence-corrected chi connectivity index (χ3v) is 9.88. The third kappa shape index (κ3) is 8.66. The highest BCUT2D eigenvalue weighted by atomic mass is 16.6. The zero-order valence-electron chi connectivity index (χ0n) is 29.7. The van der Waals surface area contributed by atoms with Crippen molar-refractivity contribution in [3.63, 3.8) is 0 Å². The van der Waals surface area contributed by atoms with Gasteiger partial charge in [0.2, 0.25) is 0 Å². The zero-order valence-corrected chi connectivity index (χ0v) is 29.7. The van der Waals surface area contributed by atoms with Crippen LogP contribution in [0.25, 0.3) is 10.8 Å². The van der Waals surface area contributed by atoms with Gasteiger partial charge in [0.1, 0.15) is 36.4 Å². The van der Waals surface area contributed by atoms with Gasteiger partial charge in [-0.15, -0.1) is 0 Å². The van der Waals surface area contributed by atoms with Crippen molar-refractivity contribution >= 4 is 22.7 Å². The summed E-state index contributed by atoms with van der Waals surface area (Å²) in [5.74, 6) is 1.49. The largest absolute Gasteiger partial charge is 0.491 e. The lowest BCUT2D eigenvalue weighted by atomic mass is 9.70. The summed E-state index contributed by atoms with van der Waals surface area (Å²) < 4.78 is 46.0. The lowest BCUT2D eigenvalue weighted by Gasteiger charge is -2.43. The monoisotopic (exact) mass is 708 g/mol. The van der Waals surface area contributed by atoms with Gasteiger partial charge in [0.15, 0.2) is 0 Å². The first-order valence-corrected chi connectivity index (χ1v) is 18.1. The van der Waals surface area contributed by atoms with Crippen molar-refractivity contribution in [2.45, 2.75) is 24.4 Å². The Balaban J connectivity index is 1.07. The summed E-state index contributed by atoms with van der Waals surface area (Å²) in [6.07, 6.45) is 1.13. The number of nitrogens with zero attached hydrogens (tertiary/aromatic N) is 2. The Hall–Kier alpha value is -3.33. The zero-order chi connectivity index (χ0) is 35.3. The molecule has 0 amide bonds. The number of hydrogen-bond acceptors (Lipinski definition) is 12. The number of benzene rings is 3. The van der Waals surface area contributed by atoms with Crippen LogP contribution in [0.1, 0.15) is 18.1 Å². The number of carbonyl (C=O) groups excluding carboxylic acids is 1. The number of hydrogen-bond donors (Lipinski definition) is 1. The number of fused-ring (bicyclic) bond motifs is 1. The number of ether oxygens (including phenoxy) is 8. The fourth-order valence-corrected chi connectivity index (χ4v) is 7.48. The summed E-state index contributed by atoms with van der Waals surface area (Å²) in [5, 5.41) is 10.7. The van der Waals surface area contributed by atoms with Crippen LogP contribution in [0.3, 0.4) is 0 Å². The van der Waals surface area contributed by atoms with Crippen LogP contribution in [0, 0.1) is 0 Å². The molecule has 51 heavy (non-hydrogen) atoms. The molecule has 12 nitrogen and oxygen atoms in total. The van der Waals surface area contributed by atoms with Gasteiger partial charge in [0, 0.05) is 31.2 Å². The van der Waals surface area contributed by atoms with Crippen LogP contribution in [0.5, 0.6) is 11.5 Å². The molecule has 278 valence electrons. The molecule has 0 spiro atoms. The first kappa shape index (κ1) is 37.4. The fourth-order valence-electron chi connectivity index (χ4n) is 7.48. The minimum absolute atomic E-state index is 0.0138. The van der Waals surface area contributed by atoms with Crippen molar-refractivity contribution in [1.82, 2.24) is 4.90 Å². The summed E-state index contributed by atoms with van der Waals surface area (Å²) in [4.78, 5) is 18.7. The summed E-state index contributed by atoms with van der Waals surface area (Å²) in [5.41, 5.74) is 1.84. The number of anilines is 1. The van der Waals surface area contributed by atoms with Gasteiger partial charge in [-0.25, -0.2) is 0 Å². The lowest BCUT2D eigenvalue weighted by Crippen LogP contribution is -2.56. The van der Waals surface area contributed by atoms with E-state index in [1.165, 1.54) is 0 Å². The highest BCUT2D eigenvalue weighted by Gasteiger charge is 2.56. The normalized spacial score (nSPS) is 21.5. The first-order chi connectivity index (χ1) is 25.2. The molecule has 6 rings (SSSR count). The standard InChI is InChI=1S/C39H52N2O10/c1-30-39(29-43,34-7-4-8-36-38(34)41(30)32(28-51-36)27-40-11-14-44-15-12-40)37-33-6-3-2-5-31(33)9-10-35(37)50-26-25-49-24-23-48-22-21-47-20-19-46-18-17-45-16-13-42/h2-10,29-30,32,42H,11-28H2,1H3. The molecule has 1 N–H and O–H groups in total. The van der Waals surface area contributed by atoms with Gasteiger partial charge in [0.05, 0.1) is 97.6 Å². The maximum atomic E-state index is 13.8. The quantitative estimate of drug-likeness (QED) is 0.122. The molecule has 3 aromatic rings. The number of para-hydroxylation sites is 1. The SMILES string of the molecule is CC1N2c3c(cccc3C1(C=O)c1c(OCCOCCOCCOCCOCCOCCO)ccc3ccccc13)OCC2CN1CCOCC1. The molecule has 0 saturated carbocycles. The van der Waals surface area contributed by atoms with Crippen LogP contribution in [-0.4, -0.2) is 147 Å². The molecule has 3 aliphatic rings. The molecular formula is C39H52N2O10. The Kier molecular flexibility index (Phi) is 13.9. The van der Waals surface area contributed by atoms with Crippen LogP contribution < -0.4 is 14.4 Å². The number of aliphatic hydroxyl groups is 1. The Morgan fingerprint density at radius 1 is 0.804 bits per heavy atom. The minimum Gasteiger partial charge on any atom is -0.491 e. The maximum absolute atomic E-state index is 13.8. The summed E-state index contributed by atoms with van der Waals surface area (Å²) in [6, 6.07) is 18.2. The van der Waals surface area contributed by atoms with E-state index in [0.717, 1.165) is 72.5 Å². The molecule has 3 unspecified atom stereocenters. The lowest BCUT2D eigenvalue weighted by molar-refractivity contribution is -0.111. The van der Waals surface area contributed by atoms with Gasteiger partial charge < -0.3 is 52.7 Å². The van der Waals surface area contributed by atoms with Crippen LogP contribution in [-0.2, 0) is 38.6 Å². The predicted octanol–water partition coefficient (Wildman–Crippen LogP) is 3.08. The number of carbonyl (C=O) groups is 1. The molecule has 3 heterocycles. The molecule has 3 atom stereocenters. The predicted molar refractivity (Wildman–Crippen MR) is 192 cm³/mol. The van der Waals surface area contributed by atoms with E-state index in [-0.39, 0.29) is 18.7 Å². The van der Waals surface area contributed by atoms with Gasteiger partial charge in [-0.3, -0.25) is 4.90 Å². The molecule has 12 heteroatoms. The summed E-state index contributed by atoms with van der Waals surface area (Å²) in [6.45, 7) is 11.5. The highest BCUT2D eigenvalue weighted by molar-refractivity contribution is 5.98. The van der Waals surface area contributed by atoms with Crippen molar-refractivity contribution in [1.29, 1.82) is 0 Å². The van der Waals surface area contributed by atoms with E-state index in [1.54, 1.807) is 0 Å². The van der Waals surface area contributed by atoms with E-state index >= 15 is 0 Å². The second kappa shape index (κ2) is 19.0. The van der Waals surface area contributed by atoms with E-state index in [0.29, 0.717) is 85.0 Å². The van der Waals surface area contributed by atoms with Crippen molar-refractivity contribution < 1.29 is 47.8 Å². The molecule has 1 saturated heterocycles. The number of morpholine rings is 1. The Bertz CT molecular complexity index is 1540. The topological polar surface area (TPSA) is 118 Å². The average molecular weight is 709 g/mol. The second-order valence-electron chi connectivity index (χ2n) is 12.9. The smallest absolute Gasteiger partial charge is 0.143 e. The van der Waals surface area contributed by atoms with Crippen molar-refractivity contribution in [3.05, 3.63) is 65.7 Å². The van der Waals surface area contributed by atoms with E-state index < -0.39 is 5.41 Å². The third-order valence-electron chi connectivity index (χ3n) is 9.88. The van der Waals surface area contributed by atoms with Crippen molar-refractivity contribution in [2.75, 3.05) is 124 Å². The summed E-state index contributed by atoms with van der Waals surface area (Å²) >= 11 is 0. The fraction of sp³-hybridized carbons (Fsp3) is 0.564. The van der Waals surface area contributed by atoms with E-state index in [1.807, 2.05) is 30.3 Å². The molecule has 3 aliphatic heterocycles. The van der Waals surface area contributed by atoms with Gasteiger partial charge >= 0.3 is 0 Å². The average Bonchev–Trinajstić information content (AvgIpc) is 3.43. The molecular weight excluding hydrogens is 656 g/mol. The Morgan fingerprint density at radius 3 is 2.12 bits per heavy atom. The first-order valence-electron chi connectivity index (χ1n) is 18.1.